The number of fused-ring (bicyclic) bond motifs is 1. The largest absolute Gasteiger partial charge is 0.299 e. The Morgan fingerprint density at radius 3 is 2.67 bits per heavy atom. The van der Waals surface area contributed by atoms with Crippen molar-refractivity contribution in [2.75, 3.05) is 6.26 Å². The van der Waals surface area contributed by atoms with Gasteiger partial charge < -0.3 is 0 Å². The standard InChI is InChI=1S/C15H14N4OS/c1-21-12-5-3-11(4-6-12)19-9-17-13-7-2-10(8-14(13)19)15(20)18-16/h2-9H,16H2,1H3,(H,18,20). The first-order valence-electron chi connectivity index (χ1n) is 6.35. The predicted molar refractivity (Wildman–Crippen MR) is 84.5 cm³/mol. The van der Waals surface area contributed by atoms with Gasteiger partial charge in [0.05, 0.1) is 11.0 Å². The van der Waals surface area contributed by atoms with Crippen molar-refractivity contribution >= 4 is 28.7 Å². The van der Waals surface area contributed by atoms with Gasteiger partial charge in [-0.1, -0.05) is 0 Å². The first-order chi connectivity index (χ1) is 10.2. The van der Waals surface area contributed by atoms with E-state index in [1.165, 1.54) is 4.90 Å². The van der Waals surface area contributed by atoms with E-state index in [0.29, 0.717) is 5.56 Å². The molecule has 2 aromatic carbocycles. The van der Waals surface area contributed by atoms with Gasteiger partial charge in [0.1, 0.15) is 6.33 Å². The number of hydrogen-bond donors (Lipinski definition) is 2. The lowest BCUT2D eigenvalue weighted by atomic mass is 10.2. The van der Waals surface area contributed by atoms with Crippen LogP contribution in [0.25, 0.3) is 16.7 Å². The third-order valence-electron chi connectivity index (χ3n) is 3.29. The summed E-state index contributed by atoms with van der Waals surface area (Å²) in [5.41, 5.74) is 5.35. The summed E-state index contributed by atoms with van der Waals surface area (Å²) in [5, 5.41) is 0. The summed E-state index contributed by atoms with van der Waals surface area (Å²) < 4.78 is 1.95. The smallest absolute Gasteiger partial charge is 0.265 e. The summed E-state index contributed by atoms with van der Waals surface area (Å²) in [6.07, 6.45) is 3.79. The Kier molecular flexibility index (Phi) is 3.64. The van der Waals surface area contributed by atoms with Crippen molar-refractivity contribution in [1.82, 2.24) is 15.0 Å². The van der Waals surface area contributed by atoms with Crippen molar-refractivity contribution < 1.29 is 4.79 Å². The number of nitrogens with one attached hydrogen (secondary N) is 1. The van der Waals surface area contributed by atoms with Gasteiger partial charge in [-0.05, 0) is 48.7 Å². The van der Waals surface area contributed by atoms with Gasteiger partial charge in [-0.2, -0.15) is 0 Å². The van der Waals surface area contributed by atoms with Gasteiger partial charge in [0.25, 0.3) is 5.91 Å². The van der Waals surface area contributed by atoms with Gasteiger partial charge in [0.15, 0.2) is 0 Å². The number of nitrogen functional groups attached to an aromatic ring is 1. The molecule has 0 saturated heterocycles. The Hall–Kier alpha value is -2.31. The summed E-state index contributed by atoms with van der Waals surface area (Å²) in [4.78, 5) is 17.2. The fourth-order valence-corrected chi connectivity index (χ4v) is 2.59. The lowest BCUT2D eigenvalue weighted by molar-refractivity contribution is 0.0954. The second-order valence-corrected chi connectivity index (χ2v) is 5.37. The van der Waals surface area contributed by atoms with E-state index in [4.69, 9.17) is 5.84 Å². The molecule has 3 aromatic rings. The number of nitrogens with zero attached hydrogens (tertiary/aromatic N) is 2. The van der Waals surface area contributed by atoms with Crippen LogP contribution in [0.2, 0.25) is 0 Å². The highest BCUT2D eigenvalue weighted by Gasteiger charge is 2.09. The zero-order valence-corrected chi connectivity index (χ0v) is 12.2. The highest BCUT2D eigenvalue weighted by molar-refractivity contribution is 7.98. The molecule has 1 aromatic heterocycles. The molecule has 0 bridgehead atoms. The van der Waals surface area contributed by atoms with Gasteiger partial charge in [0, 0.05) is 16.1 Å². The molecule has 5 nitrogen and oxygen atoms in total. The molecule has 3 rings (SSSR count). The number of imidazole rings is 1. The lowest BCUT2D eigenvalue weighted by Crippen LogP contribution is -2.29. The van der Waals surface area contributed by atoms with Crippen LogP contribution in [0.5, 0.6) is 0 Å². The summed E-state index contributed by atoms with van der Waals surface area (Å²) in [6.45, 7) is 0. The van der Waals surface area contributed by atoms with Gasteiger partial charge >= 0.3 is 0 Å². The number of thioether (sulfide) groups is 1. The molecule has 106 valence electrons. The number of carbonyl (C=O) groups excluding carboxylic acids is 1. The third kappa shape index (κ3) is 2.51. The molecule has 1 amide bonds. The molecule has 0 aliphatic heterocycles. The first kappa shape index (κ1) is 13.7. The van der Waals surface area contributed by atoms with E-state index in [9.17, 15) is 4.79 Å². The molecule has 0 radical (unpaired) electrons. The average molecular weight is 298 g/mol. The zero-order valence-electron chi connectivity index (χ0n) is 11.4. The highest BCUT2D eigenvalue weighted by Crippen LogP contribution is 2.22. The Balaban J connectivity index is 2.11. The second-order valence-electron chi connectivity index (χ2n) is 4.49. The molecule has 6 heteroatoms. The number of hydrogen-bond acceptors (Lipinski definition) is 4. The number of aromatic nitrogens is 2. The maximum Gasteiger partial charge on any atom is 0.265 e. The molecular weight excluding hydrogens is 284 g/mol. The molecule has 0 fully saturated rings. The van der Waals surface area contributed by atoms with Crippen LogP contribution in [0.3, 0.4) is 0 Å². The van der Waals surface area contributed by atoms with E-state index in [2.05, 4.69) is 22.5 Å². The number of nitrogens with two attached hydrogens (primary N) is 1. The summed E-state index contributed by atoms with van der Waals surface area (Å²) >= 11 is 1.70. The first-order valence-corrected chi connectivity index (χ1v) is 7.58. The van der Waals surface area contributed by atoms with Crippen LogP contribution in [0.15, 0.2) is 53.7 Å². The zero-order chi connectivity index (χ0) is 14.8. The molecule has 0 spiro atoms. The van der Waals surface area contributed by atoms with Crippen LogP contribution in [0, 0.1) is 0 Å². The van der Waals surface area contributed by atoms with Gasteiger partial charge in [-0.15, -0.1) is 11.8 Å². The van der Waals surface area contributed by atoms with Crippen LogP contribution >= 0.6 is 11.8 Å². The Labute approximate surface area is 126 Å². The van der Waals surface area contributed by atoms with E-state index in [0.717, 1.165) is 16.7 Å². The molecular formula is C15H14N4OS. The topological polar surface area (TPSA) is 72.9 Å². The van der Waals surface area contributed by atoms with Crippen LogP contribution in [0.1, 0.15) is 10.4 Å². The average Bonchev–Trinajstić information content (AvgIpc) is 2.97. The van der Waals surface area contributed by atoms with Crippen molar-refractivity contribution in [3.05, 3.63) is 54.4 Å². The molecule has 0 unspecified atom stereocenters. The van der Waals surface area contributed by atoms with E-state index in [1.807, 2.05) is 29.0 Å². The van der Waals surface area contributed by atoms with Crippen LogP contribution in [-0.4, -0.2) is 21.7 Å². The molecule has 0 aliphatic carbocycles. The maximum atomic E-state index is 11.6. The van der Waals surface area contributed by atoms with E-state index in [1.54, 1.807) is 30.2 Å². The van der Waals surface area contributed by atoms with Crippen molar-refractivity contribution in [2.45, 2.75) is 4.90 Å². The molecule has 0 saturated carbocycles. The minimum absolute atomic E-state index is 0.317. The number of rotatable bonds is 3. The summed E-state index contributed by atoms with van der Waals surface area (Å²) in [7, 11) is 0. The van der Waals surface area contributed by atoms with E-state index >= 15 is 0 Å². The van der Waals surface area contributed by atoms with Gasteiger partial charge in [0.2, 0.25) is 0 Å². The fourth-order valence-electron chi connectivity index (χ4n) is 2.18. The number of benzene rings is 2. The van der Waals surface area contributed by atoms with Crippen molar-refractivity contribution in [3.8, 4) is 5.69 Å². The third-order valence-corrected chi connectivity index (χ3v) is 4.03. The molecule has 3 N–H and O–H groups in total. The van der Waals surface area contributed by atoms with Crippen molar-refractivity contribution in [1.29, 1.82) is 0 Å². The quantitative estimate of drug-likeness (QED) is 0.337. The van der Waals surface area contributed by atoms with Crippen molar-refractivity contribution in [2.24, 2.45) is 5.84 Å². The lowest BCUT2D eigenvalue weighted by Gasteiger charge is -2.06. The number of amides is 1. The van der Waals surface area contributed by atoms with Crippen LogP contribution in [-0.2, 0) is 0 Å². The predicted octanol–water partition coefficient (Wildman–Crippen LogP) is 2.35. The van der Waals surface area contributed by atoms with Crippen molar-refractivity contribution in [3.63, 3.8) is 0 Å². The monoisotopic (exact) mass is 298 g/mol. The molecule has 21 heavy (non-hydrogen) atoms. The number of carbonyl (C=O) groups is 1. The Morgan fingerprint density at radius 1 is 1.24 bits per heavy atom. The Bertz CT molecular complexity index is 795. The molecule has 0 aliphatic rings. The van der Waals surface area contributed by atoms with Crippen LogP contribution < -0.4 is 11.3 Å². The SMILES string of the molecule is CSc1ccc(-n2cnc3ccc(C(=O)NN)cc32)cc1. The van der Waals surface area contributed by atoms with Gasteiger partial charge in [-0.25, -0.2) is 10.8 Å². The molecule has 0 atom stereocenters. The normalized spacial score (nSPS) is 10.8. The second kappa shape index (κ2) is 5.59. The summed E-state index contributed by atoms with van der Waals surface area (Å²) in [5.74, 6) is 4.86. The van der Waals surface area contributed by atoms with E-state index < -0.39 is 0 Å². The van der Waals surface area contributed by atoms with Gasteiger partial charge in [-0.3, -0.25) is 14.8 Å². The maximum absolute atomic E-state index is 11.6. The minimum Gasteiger partial charge on any atom is -0.299 e. The van der Waals surface area contributed by atoms with Crippen LogP contribution in [0.4, 0.5) is 0 Å². The fraction of sp³-hybridized carbons (Fsp3) is 0.0667. The minimum atomic E-state index is -0.317. The van der Waals surface area contributed by atoms with E-state index in [-0.39, 0.29) is 5.91 Å². The highest BCUT2D eigenvalue weighted by atomic mass is 32.2. The summed E-state index contributed by atoms with van der Waals surface area (Å²) in [6, 6.07) is 13.5. The Morgan fingerprint density at radius 2 is 2.00 bits per heavy atom. The molecule has 1 heterocycles. The number of hydrazine groups is 1.